The maximum absolute atomic E-state index is 13.5. The lowest BCUT2D eigenvalue weighted by Gasteiger charge is -2.31. The van der Waals surface area contributed by atoms with Crippen molar-refractivity contribution in [3.05, 3.63) is 95.0 Å². The maximum Gasteiger partial charge on any atom is 0.261 e. The van der Waals surface area contributed by atoms with E-state index >= 15 is 0 Å². The predicted octanol–water partition coefficient (Wildman–Crippen LogP) is 5.28. The van der Waals surface area contributed by atoms with Gasteiger partial charge in [0, 0.05) is 24.5 Å². The van der Waals surface area contributed by atoms with E-state index in [2.05, 4.69) is 12.2 Å². The predicted molar refractivity (Wildman–Crippen MR) is 142 cm³/mol. The number of nitrogens with one attached hydrogen (secondary N) is 1. The second kappa shape index (κ2) is 14.1. The first-order valence-electron chi connectivity index (χ1n) is 12.1. The van der Waals surface area contributed by atoms with E-state index in [4.69, 9.17) is 21.1 Å². The fourth-order valence-corrected chi connectivity index (χ4v) is 3.87. The normalized spacial score (nSPS) is 11.4. The van der Waals surface area contributed by atoms with Gasteiger partial charge in [-0.2, -0.15) is 0 Å². The molecule has 0 saturated carbocycles. The first-order valence-corrected chi connectivity index (χ1v) is 12.5. The molecule has 0 heterocycles. The highest BCUT2D eigenvalue weighted by molar-refractivity contribution is 6.30. The molecule has 36 heavy (non-hydrogen) atoms. The molecule has 0 saturated heterocycles. The lowest BCUT2D eigenvalue weighted by atomic mass is 10.0. The lowest BCUT2D eigenvalue weighted by molar-refractivity contribution is -0.142. The van der Waals surface area contributed by atoms with Gasteiger partial charge < -0.3 is 19.7 Å². The van der Waals surface area contributed by atoms with Crippen molar-refractivity contribution in [2.45, 2.75) is 38.8 Å². The van der Waals surface area contributed by atoms with Crippen LogP contribution in [0.1, 0.15) is 30.9 Å². The van der Waals surface area contributed by atoms with E-state index in [0.717, 1.165) is 24.0 Å². The Morgan fingerprint density at radius 1 is 0.917 bits per heavy atom. The molecule has 0 aliphatic rings. The molecule has 0 fully saturated rings. The third-order valence-corrected chi connectivity index (χ3v) is 6.04. The summed E-state index contributed by atoms with van der Waals surface area (Å²) in [4.78, 5) is 28.5. The van der Waals surface area contributed by atoms with Crippen LogP contribution < -0.4 is 14.8 Å². The zero-order valence-electron chi connectivity index (χ0n) is 20.8. The Morgan fingerprint density at radius 3 is 2.22 bits per heavy atom. The number of nitrogens with zero attached hydrogens (tertiary/aromatic N) is 1. The van der Waals surface area contributed by atoms with Gasteiger partial charge in [-0.25, -0.2) is 0 Å². The Balaban J connectivity index is 1.85. The molecule has 1 N–H and O–H groups in total. The van der Waals surface area contributed by atoms with Crippen LogP contribution in [0.5, 0.6) is 11.5 Å². The van der Waals surface area contributed by atoms with Crippen LogP contribution in [0.15, 0.2) is 78.9 Å². The molecule has 0 radical (unpaired) electrons. The largest absolute Gasteiger partial charge is 0.497 e. The van der Waals surface area contributed by atoms with E-state index in [9.17, 15) is 9.59 Å². The number of halogens is 1. The molecule has 190 valence electrons. The number of amides is 2. The van der Waals surface area contributed by atoms with Crippen LogP contribution >= 0.6 is 11.6 Å². The van der Waals surface area contributed by atoms with Crippen LogP contribution in [-0.4, -0.2) is 43.0 Å². The summed E-state index contributed by atoms with van der Waals surface area (Å²) in [7, 11) is 1.59. The van der Waals surface area contributed by atoms with Crippen molar-refractivity contribution in [1.29, 1.82) is 0 Å². The van der Waals surface area contributed by atoms with Crippen molar-refractivity contribution in [3.63, 3.8) is 0 Å². The van der Waals surface area contributed by atoms with Crippen LogP contribution in [0.2, 0.25) is 5.02 Å². The molecular formula is C29H33ClN2O4. The van der Waals surface area contributed by atoms with Gasteiger partial charge in [-0.05, 0) is 53.9 Å². The van der Waals surface area contributed by atoms with Gasteiger partial charge in [-0.15, -0.1) is 0 Å². The van der Waals surface area contributed by atoms with Crippen LogP contribution in [0.25, 0.3) is 0 Å². The number of hydrogen-bond donors (Lipinski definition) is 1. The van der Waals surface area contributed by atoms with Crippen LogP contribution in [-0.2, 0) is 22.6 Å². The van der Waals surface area contributed by atoms with Crippen molar-refractivity contribution >= 4 is 23.4 Å². The third kappa shape index (κ3) is 8.31. The molecule has 3 aromatic rings. The number of benzene rings is 3. The molecule has 2 amide bonds. The summed E-state index contributed by atoms with van der Waals surface area (Å²) in [6.45, 7) is 2.68. The number of hydrogen-bond acceptors (Lipinski definition) is 4. The maximum atomic E-state index is 13.5. The topological polar surface area (TPSA) is 67.9 Å². The van der Waals surface area contributed by atoms with Gasteiger partial charge in [0.1, 0.15) is 17.5 Å². The lowest BCUT2D eigenvalue weighted by Crippen LogP contribution is -2.51. The molecule has 7 heteroatoms. The van der Waals surface area contributed by atoms with E-state index in [1.807, 2.05) is 42.5 Å². The Hall–Kier alpha value is -3.51. The Morgan fingerprint density at radius 2 is 1.58 bits per heavy atom. The summed E-state index contributed by atoms with van der Waals surface area (Å²) < 4.78 is 11.0. The minimum Gasteiger partial charge on any atom is -0.497 e. The van der Waals surface area contributed by atoms with E-state index in [0.29, 0.717) is 29.5 Å². The van der Waals surface area contributed by atoms with Gasteiger partial charge in [0.2, 0.25) is 5.91 Å². The van der Waals surface area contributed by atoms with Gasteiger partial charge in [0.25, 0.3) is 5.91 Å². The molecular weight excluding hydrogens is 476 g/mol. The van der Waals surface area contributed by atoms with Crippen molar-refractivity contribution in [1.82, 2.24) is 10.2 Å². The monoisotopic (exact) mass is 508 g/mol. The van der Waals surface area contributed by atoms with E-state index < -0.39 is 6.04 Å². The summed E-state index contributed by atoms with van der Waals surface area (Å²) in [6.07, 6.45) is 2.23. The minimum atomic E-state index is -0.702. The average Bonchev–Trinajstić information content (AvgIpc) is 2.91. The molecule has 6 nitrogen and oxygen atoms in total. The zero-order valence-corrected chi connectivity index (χ0v) is 21.5. The fraction of sp³-hybridized carbons (Fsp3) is 0.310. The summed E-state index contributed by atoms with van der Waals surface area (Å²) in [5, 5.41) is 3.62. The average molecular weight is 509 g/mol. The summed E-state index contributed by atoms with van der Waals surface area (Å²) >= 11 is 6.07. The Labute approximate surface area is 218 Å². The van der Waals surface area contributed by atoms with Gasteiger partial charge in [-0.1, -0.05) is 67.4 Å². The highest BCUT2D eigenvalue weighted by Gasteiger charge is 2.30. The van der Waals surface area contributed by atoms with E-state index in [1.165, 1.54) is 0 Å². The highest BCUT2D eigenvalue weighted by Crippen LogP contribution is 2.19. The molecule has 0 aliphatic heterocycles. The summed E-state index contributed by atoms with van der Waals surface area (Å²) in [5.41, 5.74) is 1.84. The number of unbranched alkanes of at least 4 members (excludes halogenated alkanes) is 1. The molecule has 3 aromatic carbocycles. The third-order valence-electron chi connectivity index (χ3n) is 5.79. The molecule has 0 unspecified atom stereocenters. The number of carbonyl (C=O) groups excluding carboxylic acids is 2. The number of rotatable bonds is 13. The second-order valence-corrected chi connectivity index (χ2v) is 8.90. The number of carbonyl (C=O) groups is 2. The van der Waals surface area contributed by atoms with Gasteiger partial charge in [0.05, 0.1) is 7.11 Å². The molecule has 3 rings (SSSR count). The van der Waals surface area contributed by atoms with Crippen LogP contribution in [0.3, 0.4) is 0 Å². The van der Waals surface area contributed by atoms with Crippen LogP contribution in [0, 0.1) is 0 Å². The van der Waals surface area contributed by atoms with Crippen LogP contribution in [0.4, 0.5) is 0 Å². The molecule has 0 aliphatic carbocycles. The quantitative estimate of drug-likeness (QED) is 0.319. The number of ether oxygens (including phenoxy) is 2. The smallest absolute Gasteiger partial charge is 0.261 e. The van der Waals surface area contributed by atoms with Crippen molar-refractivity contribution in [3.8, 4) is 11.5 Å². The van der Waals surface area contributed by atoms with E-state index in [-0.39, 0.29) is 25.0 Å². The second-order valence-electron chi connectivity index (χ2n) is 8.46. The standard InChI is InChI=1S/C29H33ClN2O4/c1-3-4-18-31-29(34)27(19-22-8-6-5-7-9-22)32(20-23-10-12-24(30)13-11-23)28(33)21-36-26-16-14-25(35-2)15-17-26/h5-17,27H,3-4,18-21H2,1-2H3,(H,31,34)/t27-/m0/s1. The van der Waals surface area contributed by atoms with Crippen molar-refractivity contribution in [2.75, 3.05) is 20.3 Å². The molecule has 0 spiro atoms. The number of methoxy groups -OCH3 is 1. The molecule has 0 bridgehead atoms. The van der Waals surface area contributed by atoms with Crippen molar-refractivity contribution in [2.24, 2.45) is 0 Å². The summed E-state index contributed by atoms with van der Waals surface area (Å²) in [6, 6.07) is 23.3. The first-order chi connectivity index (χ1) is 17.5. The van der Waals surface area contributed by atoms with Gasteiger partial charge in [-0.3, -0.25) is 9.59 Å². The van der Waals surface area contributed by atoms with Gasteiger partial charge in [0.15, 0.2) is 6.61 Å². The minimum absolute atomic E-state index is 0.181. The van der Waals surface area contributed by atoms with Crippen molar-refractivity contribution < 1.29 is 19.1 Å². The Kier molecular flexibility index (Phi) is 10.6. The summed E-state index contributed by atoms with van der Waals surface area (Å²) in [5.74, 6) is 0.777. The van der Waals surface area contributed by atoms with E-state index in [1.54, 1.807) is 48.4 Å². The van der Waals surface area contributed by atoms with Gasteiger partial charge >= 0.3 is 0 Å². The fourth-order valence-electron chi connectivity index (χ4n) is 3.75. The SMILES string of the molecule is CCCCNC(=O)[C@H](Cc1ccccc1)N(Cc1ccc(Cl)cc1)C(=O)COc1ccc(OC)cc1. The highest BCUT2D eigenvalue weighted by atomic mass is 35.5. The Bertz CT molecular complexity index is 1090. The first kappa shape index (κ1) is 27.1. The molecule has 1 atom stereocenters. The molecule has 0 aromatic heterocycles. The zero-order chi connectivity index (χ0) is 25.8.